The van der Waals surface area contributed by atoms with Gasteiger partial charge in [0.2, 0.25) is 0 Å². The van der Waals surface area contributed by atoms with Crippen molar-refractivity contribution in [2.45, 2.75) is 6.92 Å². The lowest BCUT2D eigenvalue weighted by molar-refractivity contribution is 0.621. The van der Waals surface area contributed by atoms with Gasteiger partial charge < -0.3 is 5.32 Å². The minimum atomic E-state index is -0.295. The minimum Gasteiger partial charge on any atom is -0.370 e. The summed E-state index contributed by atoms with van der Waals surface area (Å²) in [5, 5.41) is 3.11. The topological polar surface area (TPSA) is 37.8 Å². The van der Waals surface area contributed by atoms with Gasteiger partial charge >= 0.3 is 0 Å². The first kappa shape index (κ1) is 12.0. The lowest BCUT2D eigenvalue weighted by atomic mass is 10.2. The molecule has 0 aliphatic rings. The molecule has 0 spiro atoms. The molecular formula is C12H11BrFN3. The summed E-state index contributed by atoms with van der Waals surface area (Å²) < 4.78 is 13.5. The molecule has 17 heavy (non-hydrogen) atoms. The van der Waals surface area contributed by atoms with Crippen LogP contribution in [0.2, 0.25) is 0 Å². The maximum atomic E-state index is 13.1. The Kier molecular flexibility index (Phi) is 3.68. The van der Waals surface area contributed by atoms with Crippen molar-refractivity contribution in [3.8, 4) is 11.4 Å². The van der Waals surface area contributed by atoms with Crippen LogP contribution in [0.3, 0.4) is 0 Å². The van der Waals surface area contributed by atoms with E-state index in [1.165, 1.54) is 6.07 Å². The van der Waals surface area contributed by atoms with Gasteiger partial charge in [0.05, 0.1) is 4.47 Å². The van der Waals surface area contributed by atoms with Crippen LogP contribution in [0.25, 0.3) is 11.4 Å². The van der Waals surface area contributed by atoms with Crippen molar-refractivity contribution < 1.29 is 4.39 Å². The number of benzene rings is 1. The number of rotatable bonds is 3. The molecule has 0 unspecified atom stereocenters. The zero-order valence-corrected chi connectivity index (χ0v) is 10.8. The van der Waals surface area contributed by atoms with Gasteiger partial charge in [-0.15, -0.1) is 0 Å². The quantitative estimate of drug-likeness (QED) is 0.942. The number of anilines is 1. The Hall–Kier alpha value is -1.49. The van der Waals surface area contributed by atoms with E-state index in [0.717, 1.165) is 17.9 Å². The fourth-order valence-electron chi connectivity index (χ4n) is 1.41. The van der Waals surface area contributed by atoms with Crippen LogP contribution in [-0.2, 0) is 0 Å². The Bertz CT molecular complexity index is 531. The van der Waals surface area contributed by atoms with Gasteiger partial charge in [0.1, 0.15) is 11.6 Å². The lowest BCUT2D eigenvalue weighted by Crippen LogP contribution is -2.00. The third-order valence-corrected chi connectivity index (χ3v) is 2.80. The zero-order valence-electron chi connectivity index (χ0n) is 9.24. The van der Waals surface area contributed by atoms with Crippen molar-refractivity contribution >= 4 is 21.7 Å². The Balaban J connectivity index is 2.38. The average molecular weight is 296 g/mol. The van der Waals surface area contributed by atoms with Crippen molar-refractivity contribution in [1.82, 2.24) is 9.97 Å². The van der Waals surface area contributed by atoms with Crippen molar-refractivity contribution in [3.63, 3.8) is 0 Å². The van der Waals surface area contributed by atoms with Gasteiger partial charge in [0.15, 0.2) is 5.82 Å². The van der Waals surface area contributed by atoms with Gasteiger partial charge in [-0.1, -0.05) is 0 Å². The van der Waals surface area contributed by atoms with Gasteiger partial charge in [-0.3, -0.25) is 0 Å². The van der Waals surface area contributed by atoms with E-state index in [4.69, 9.17) is 0 Å². The summed E-state index contributed by atoms with van der Waals surface area (Å²) >= 11 is 3.15. The van der Waals surface area contributed by atoms with Crippen LogP contribution in [0.5, 0.6) is 0 Å². The fourth-order valence-corrected chi connectivity index (χ4v) is 1.79. The van der Waals surface area contributed by atoms with Gasteiger partial charge in [-0.25, -0.2) is 14.4 Å². The molecule has 0 saturated carbocycles. The van der Waals surface area contributed by atoms with Crippen LogP contribution >= 0.6 is 15.9 Å². The molecular weight excluding hydrogens is 285 g/mol. The van der Waals surface area contributed by atoms with Crippen LogP contribution < -0.4 is 5.32 Å². The summed E-state index contributed by atoms with van der Waals surface area (Å²) in [6.45, 7) is 2.79. The van der Waals surface area contributed by atoms with Crippen LogP contribution in [0.15, 0.2) is 34.9 Å². The van der Waals surface area contributed by atoms with E-state index in [1.807, 2.05) is 6.92 Å². The Morgan fingerprint density at radius 1 is 1.35 bits per heavy atom. The maximum absolute atomic E-state index is 13.1. The predicted octanol–water partition coefficient (Wildman–Crippen LogP) is 3.48. The third-order valence-electron chi connectivity index (χ3n) is 2.19. The van der Waals surface area contributed by atoms with E-state index >= 15 is 0 Å². The molecule has 0 saturated heterocycles. The molecule has 0 aliphatic carbocycles. The summed E-state index contributed by atoms with van der Waals surface area (Å²) in [6.07, 6.45) is 1.68. The molecule has 88 valence electrons. The van der Waals surface area contributed by atoms with Crippen LogP contribution in [-0.4, -0.2) is 16.5 Å². The predicted molar refractivity (Wildman–Crippen MR) is 69.3 cm³/mol. The molecule has 2 rings (SSSR count). The lowest BCUT2D eigenvalue weighted by Gasteiger charge is -2.05. The standard InChI is InChI=1S/C12H11BrFN3/c1-2-15-11-5-6-16-12(17-11)8-3-4-10(14)9(13)7-8/h3-7H,2H2,1H3,(H,15,16,17). The van der Waals surface area contributed by atoms with Crippen LogP contribution in [0, 0.1) is 5.82 Å². The molecule has 5 heteroatoms. The summed E-state index contributed by atoms with van der Waals surface area (Å²) in [5.41, 5.74) is 0.776. The smallest absolute Gasteiger partial charge is 0.161 e. The van der Waals surface area contributed by atoms with E-state index < -0.39 is 0 Å². The highest BCUT2D eigenvalue weighted by molar-refractivity contribution is 9.10. The summed E-state index contributed by atoms with van der Waals surface area (Å²) in [7, 11) is 0. The molecule has 3 nitrogen and oxygen atoms in total. The van der Waals surface area contributed by atoms with Crippen molar-refractivity contribution in [2.24, 2.45) is 0 Å². The Labute approximate surface area is 107 Å². The van der Waals surface area contributed by atoms with Crippen molar-refractivity contribution in [3.05, 3.63) is 40.8 Å². The van der Waals surface area contributed by atoms with E-state index in [1.54, 1.807) is 24.4 Å². The maximum Gasteiger partial charge on any atom is 0.161 e. The molecule has 1 N–H and O–H groups in total. The number of halogens is 2. The fraction of sp³-hybridized carbons (Fsp3) is 0.167. The van der Waals surface area contributed by atoms with Gasteiger partial charge in [-0.2, -0.15) is 0 Å². The van der Waals surface area contributed by atoms with Gasteiger partial charge in [0.25, 0.3) is 0 Å². The SMILES string of the molecule is CCNc1ccnc(-c2ccc(F)c(Br)c2)n1. The molecule has 1 aromatic heterocycles. The second-order valence-corrected chi connectivity index (χ2v) is 4.28. The molecule has 0 aliphatic heterocycles. The normalized spacial score (nSPS) is 10.3. The number of hydrogen-bond donors (Lipinski definition) is 1. The molecule has 0 bridgehead atoms. The van der Waals surface area contributed by atoms with E-state index in [2.05, 4.69) is 31.2 Å². The zero-order chi connectivity index (χ0) is 12.3. The summed E-state index contributed by atoms with van der Waals surface area (Å²) in [5.74, 6) is 1.04. The molecule has 2 aromatic rings. The molecule has 1 heterocycles. The van der Waals surface area contributed by atoms with Crippen molar-refractivity contribution in [1.29, 1.82) is 0 Å². The highest BCUT2D eigenvalue weighted by Gasteiger charge is 2.05. The molecule has 0 atom stereocenters. The van der Waals surface area contributed by atoms with Crippen molar-refractivity contribution in [2.75, 3.05) is 11.9 Å². The molecule has 0 fully saturated rings. The largest absolute Gasteiger partial charge is 0.370 e. The third kappa shape index (κ3) is 2.79. The van der Waals surface area contributed by atoms with Gasteiger partial charge in [0, 0.05) is 18.3 Å². The first-order valence-corrected chi connectivity index (χ1v) is 6.02. The molecule has 0 radical (unpaired) electrons. The first-order valence-electron chi connectivity index (χ1n) is 5.23. The van der Waals surface area contributed by atoms with E-state index in [9.17, 15) is 4.39 Å². The number of aromatic nitrogens is 2. The molecule has 1 aromatic carbocycles. The Morgan fingerprint density at radius 2 is 2.18 bits per heavy atom. The highest BCUT2D eigenvalue weighted by atomic mass is 79.9. The highest BCUT2D eigenvalue weighted by Crippen LogP contribution is 2.23. The monoisotopic (exact) mass is 295 g/mol. The number of nitrogens with zero attached hydrogens (tertiary/aromatic N) is 2. The van der Waals surface area contributed by atoms with Crippen LogP contribution in [0.4, 0.5) is 10.2 Å². The van der Waals surface area contributed by atoms with E-state index in [0.29, 0.717) is 10.3 Å². The van der Waals surface area contributed by atoms with Crippen LogP contribution in [0.1, 0.15) is 6.92 Å². The molecule has 0 amide bonds. The summed E-state index contributed by atoms with van der Waals surface area (Å²) in [4.78, 5) is 8.51. The van der Waals surface area contributed by atoms with E-state index in [-0.39, 0.29) is 5.82 Å². The first-order chi connectivity index (χ1) is 8.20. The number of hydrogen-bond acceptors (Lipinski definition) is 3. The average Bonchev–Trinajstić information content (AvgIpc) is 2.33. The second-order valence-electron chi connectivity index (χ2n) is 3.42. The second kappa shape index (κ2) is 5.23. The number of nitrogens with one attached hydrogen (secondary N) is 1. The van der Waals surface area contributed by atoms with Gasteiger partial charge in [-0.05, 0) is 47.1 Å². The summed E-state index contributed by atoms with van der Waals surface area (Å²) in [6, 6.07) is 6.51. The Morgan fingerprint density at radius 3 is 2.88 bits per heavy atom. The minimum absolute atomic E-state index is 0.295.